The molecule has 5 heteroatoms. The van der Waals surface area contributed by atoms with Crippen molar-refractivity contribution in [2.45, 2.75) is 0 Å². The van der Waals surface area contributed by atoms with Crippen LogP contribution in [0.5, 0.6) is 0 Å². The largest absolute Gasteiger partial charge is 0.378 e. The molecule has 0 fully saturated rings. The lowest BCUT2D eigenvalue weighted by atomic mass is 10.2. The van der Waals surface area contributed by atoms with Crippen molar-refractivity contribution in [2.75, 3.05) is 24.4 Å². The molecular weight excluding hydrogens is 260 g/mol. The van der Waals surface area contributed by atoms with Crippen LogP contribution in [-0.4, -0.2) is 25.3 Å². The summed E-state index contributed by atoms with van der Waals surface area (Å²) in [7, 11) is 3.95. The van der Waals surface area contributed by atoms with Crippen LogP contribution in [0.4, 0.5) is 11.5 Å². The van der Waals surface area contributed by atoms with Gasteiger partial charge in [-0.2, -0.15) is 5.10 Å². The molecule has 19 heavy (non-hydrogen) atoms. The molecule has 0 bridgehead atoms. The number of nitrogens with zero attached hydrogens (tertiary/aromatic N) is 3. The smallest absolute Gasteiger partial charge is 0.146 e. The molecule has 0 radical (unpaired) electrons. The average Bonchev–Trinajstić information content (AvgIpc) is 2.41. The molecule has 1 heterocycles. The van der Waals surface area contributed by atoms with E-state index in [-0.39, 0.29) is 0 Å². The molecular formula is C14H15ClN4. The monoisotopic (exact) mass is 274 g/mol. The molecule has 4 nitrogen and oxygen atoms in total. The minimum Gasteiger partial charge on any atom is -0.378 e. The lowest BCUT2D eigenvalue weighted by Crippen LogP contribution is -2.08. The molecule has 0 aliphatic heterocycles. The van der Waals surface area contributed by atoms with Gasteiger partial charge in [-0.05, 0) is 30.3 Å². The fourth-order valence-electron chi connectivity index (χ4n) is 1.50. The first kappa shape index (κ1) is 13.4. The lowest BCUT2D eigenvalue weighted by Gasteiger charge is -2.13. The summed E-state index contributed by atoms with van der Waals surface area (Å²) in [5.41, 5.74) is 4.76. The Morgan fingerprint density at radius 2 is 2.11 bits per heavy atom. The maximum absolute atomic E-state index is 6.19. The average molecular weight is 275 g/mol. The highest BCUT2D eigenvalue weighted by Crippen LogP contribution is 2.21. The van der Waals surface area contributed by atoms with Gasteiger partial charge in [0.15, 0.2) is 0 Å². The molecule has 0 unspecified atom stereocenters. The second-order valence-corrected chi connectivity index (χ2v) is 4.59. The van der Waals surface area contributed by atoms with E-state index in [2.05, 4.69) is 15.5 Å². The minimum atomic E-state index is 0.665. The molecule has 0 amide bonds. The Bertz CT molecular complexity index is 567. The van der Waals surface area contributed by atoms with Gasteiger partial charge in [-0.15, -0.1) is 0 Å². The fraction of sp³-hybridized carbons (Fsp3) is 0.143. The number of nitrogens with one attached hydrogen (secondary N) is 1. The number of hydrogen-bond donors (Lipinski definition) is 1. The van der Waals surface area contributed by atoms with E-state index in [1.165, 1.54) is 0 Å². The topological polar surface area (TPSA) is 40.5 Å². The van der Waals surface area contributed by atoms with Crippen molar-refractivity contribution in [3.05, 3.63) is 53.2 Å². The summed E-state index contributed by atoms with van der Waals surface area (Å²) in [4.78, 5) is 6.10. The summed E-state index contributed by atoms with van der Waals surface area (Å²) >= 11 is 6.19. The van der Waals surface area contributed by atoms with Crippen LogP contribution < -0.4 is 10.3 Å². The predicted octanol–water partition coefficient (Wildman–Crippen LogP) is 3.25. The highest BCUT2D eigenvalue weighted by molar-refractivity contribution is 6.33. The molecule has 0 saturated heterocycles. The SMILES string of the molecule is CN(C)c1ccc(C=NNc2ccccn2)c(Cl)c1. The molecule has 0 saturated carbocycles. The second-order valence-electron chi connectivity index (χ2n) is 4.19. The van der Waals surface area contributed by atoms with E-state index in [0.29, 0.717) is 10.8 Å². The maximum Gasteiger partial charge on any atom is 0.146 e. The second kappa shape index (κ2) is 6.20. The van der Waals surface area contributed by atoms with Crippen LogP contribution in [0.25, 0.3) is 0 Å². The van der Waals surface area contributed by atoms with Gasteiger partial charge in [-0.1, -0.05) is 17.7 Å². The van der Waals surface area contributed by atoms with Gasteiger partial charge in [0.1, 0.15) is 5.82 Å². The number of hydrazone groups is 1. The zero-order valence-electron chi connectivity index (χ0n) is 10.8. The Labute approximate surface area is 117 Å². The molecule has 2 aromatic rings. The Balaban J connectivity index is 2.07. The zero-order valence-corrected chi connectivity index (χ0v) is 11.6. The summed E-state index contributed by atoms with van der Waals surface area (Å²) < 4.78 is 0. The number of rotatable bonds is 4. The van der Waals surface area contributed by atoms with E-state index in [1.54, 1.807) is 12.4 Å². The molecule has 0 aliphatic carbocycles. The molecule has 0 atom stereocenters. The van der Waals surface area contributed by atoms with Crippen LogP contribution in [0.15, 0.2) is 47.7 Å². The number of benzene rings is 1. The van der Waals surface area contributed by atoms with E-state index in [0.717, 1.165) is 11.3 Å². The number of aromatic nitrogens is 1. The van der Waals surface area contributed by atoms with Crippen LogP contribution in [0.2, 0.25) is 5.02 Å². The van der Waals surface area contributed by atoms with Crippen molar-refractivity contribution in [1.82, 2.24) is 4.98 Å². The molecule has 98 valence electrons. The molecule has 0 spiro atoms. The first-order valence-corrected chi connectivity index (χ1v) is 6.21. The van der Waals surface area contributed by atoms with Crippen molar-refractivity contribution >= 4 is 29.3 Å². The van der Waals surface area contributed by atoms with E-state index >= 15 is 0 Å². The quantitative estimate of drug-likeness (QED) is 0.687. The van der Waals surface area contributed by atoms with E-state index in [1.807, 2.05) is 55.4 Å². The summed E-state index contributed by atoms with van der Waals surface area (Å²) in [5, 5.41) is 4.78. The molecule has 1 aromatic heterocycles. The first-order valence-electron chi connectivity index (χ1n) is 5.84. The van der Waals surface area contributed by atoms with Crippen molar-refractivity contribution < 1.29 is 0 Å². The third-order valence-electron chi connectivity index (χ3n) is 2.55. The molecule has 0 aliphatic rings. The zero-order chi connectivity index (χ0) is 13.7. The lowest BCUT2D eigenvalue weighted by molar-refractivity contribution is 1.13. The Morgan fingerprint density at radius 1 is 1.26 bits per heavy atom. The fourth-order valence-corrected chi connectivity index (χ4v) is 1.72. The summed E-state index contributed by atoms with van der Waals surface area (Å²) in [6, 6.07) is 11.4. The Kier molecular flexibility index (Phi) is 4.36. The van der Waals surface area contributed by atoms with Crippen molar-refractivity contribution in [1.29, 1.82) is 0 Å². The van der Waals surface area contributed by atoms with Crippen LogP contribution in [0.3, 0.4) is 0 Å². The van der Waals surface area contributed by atoms with Gasteiger partial charge in [0, 0.05) is 31.5 Å². The third-order valence-corrected chi connectivity index (χ3v) is 2.88. The normalized spacial score (nSPS) is 10.7. The van der Waals surface area contributed by atoms with Gasteiger partial charge >= 0.3 is 0 Å². The van der Waals surface area contributed by atoms with Gasteiger partial charge in [-0.3, -0.25) is 5.43 Å². The van der Waals surface area contributed by atoms with E-state index in [4.69, 9.17) is 11.6 Å². The summed E-state index contributed by atoms with van der Waals surface area (Å²) in [5.74, 6) is 0.694. The maximum atomic E-state index is 6.19. The molecule has 2 rings (SSSR count). The molecule has 1 aromatic carbocycles. The number of pyridine rings is 1. The predicted molar refractivity (Wildman–Crippen MR) is 81.2 cm³/mol. The van der Waals surface area contributed by atoms with Gasteiger partial charge in [0.2, 0.25) is 0 Å². The third kappa shape index (κ3) is 3.69. The van der Waals surface area contributed by atoms with E-state index in [9.17, 15) is 0 Å². The van der Waals surface area contributed by atoms with Crippen LogP contribution in [0.1, 0.15) is 5.56 Å². The Morgan fingerprint density at radius 3 is 2.74 bits per heavy atom. The highest BCUT2D eigenvalue weighted by atomic mass is 35.5. The van der Waals surface area contributed by atoms with Gasteiger partial charge in [0.05, 0.1) is 11.2 Å². The summed E-state index contributed by atoms with van der Waals surface area (Å²) in [6.45, 7) is 0. The van der Waals surface area contributed by atoms with Gasteiger partial charge in [0.25, 0.3) is 0 Å². The van der Waals surface area contributed by atoms with Crippen LogP contribution in [-0.2, 0) is 0 Å². The van der Waals surface area contributed by atoms with Gasteiger partial charge < -0.3 is 4.90 Å². The molecule has 1 N–H and O–H groups in total. The van der Waals surface area contributed by atoms with Crippen molar-refractivity contribution in [3.63, 3.8) is 0 Å². The first-order chi connectivity index (χ1) is 9.16. The van der Waals surface area contributed by atoms with Crippen LogP contribution in [0, 0.1) is 0 Å². The van der Waals surface area contributed by atoms with Gasteiger partial charge in [-0.25, -0.2) is 4.98 Å². The summed E-state index contributed by atoms with van der Waals surface area (Å²) in [6.07, 6.45) is 3.38. The standard InChI is InChI=1S/C14H15ClN4/c1-19(2)12-7-6-11(13(15)9-12)10-17-18-14-5-3-4-8-16-14/h3-10H,1-2H3,(H,16,18). The minimum absolute atomic E-state index is 0.665. The van der Waals surface area contributed by atoms with Crippen molar-refractivity contribution in [2.24, 2.45) is 5.10 Å². The highest BCUT2D eigenvalue weighted by Gasteiger charge is 2.01. The van der Waals surface area contributed by atoms with Crippen molar-refractivity contribution in [3.8, 4) is 0 Å². The van der Waals surface area contributed by atoms with E-state index < -0.39 is 0 Å². The Hall–Kier alpha value is -2.07. The van der Waals surface area contributed by atoms with Crippen LogP contribution >= 0.6 is 11.6 Å². The number of hydrogen-bond acceptors (Lipinski definition) is 4. The number of halogens is 1. The number of anilines is 2.